The molecule has 0 spiro atoms. The number of ketones is 1. The molecule has 0 N–H and O–H groups in total. The van der Waals surface area contributed by atoms with E-state index in [1.54, 1.807) is 0 Å². The van der Waals surface area contributed by atoms with Crippen LogP contribution in [0.3, 0.4) is 0 Å². The summed E-state index contributed by atoms with van der Waals surface area (Å²) in [5, 5.41) is -6.92. The first kappa shape index (κ1) is 23.2. The van der Waals surface area contributed by atoms with Gasteiger partial charge >= 0.3 is 33.4 Å². The number of hydrogen-bond donors (Lipinski definition) is 0. The van der Waals surface area contributed by atoms with E-state index in [0.29, 0.717) is 6.42 Å². The van der Waals surface area contributed by atoms with Crippen LogP contribution in [0.1, 0.15) is 33.1 Å². The van der Waals surface area contributed by atoms with Crippen LogP contribution in [-0.4, -0.2) is 44.1 Å². The number of carbonyl (C=O) groups is 1. The van der Waals surface area contributed by atoms with Crippen LogP contribution < -0.4 is 0 Å². The van der Waals surface area contributed by atoms with Crippen molar-refractivity contribution < 1.29 is 56.9 Å². The van der Waals surface area contributed by atoms with Crippen LogP contribution in [0.15, 0.2) is 0 Å². The first-order valence-electron chi connectivity index (χ1n) is 7.81. The number of carbonyl (C=O) groups excluding carboxylic acids is 1. The Labute approximate surface area is 153 Å². The smallest absolute Gasteiger partial charge is 0.299 e. The summed E-state index contributed by atoms with van der Waals surface area (Å²) in [6, 6.07) is 0. The molecule has 2 fully saturated rings. The topological polar surface area (TPSA) is 60.4 Å². The van der Waals surface area contributed by atoms with Gasteiger partial charge < -0.3 is 0 Å². The summed E-state index contributed by atoms with van der Waals surface area (Å²) in [4.78, 5) is 12.1. The lowest BCUT2D eigenvalue weighted by Gasteiger charge is -2.37. The largest absolute Gasteiger partial charge is 0.460 e. The van der Waals surface area contributed by atoms with E-state index in [1.807, 2.05) is 0 Å². The Hall–Kier alpha value is -1.05. The summed E-state index contributed by atoms with van der Waals surface area (Å²) in [5.41, 5.74) is -2.62. The van der Waals surface area contributed by atoms with E-state index in [2.05, 4.69) is 4.18 Å². The van der Waals surface area contributed by atoms with Crippen LogP contribution >= 0.6 is 0 Å². The second-order valence-corrected chi connectivity index (χ2v) is 9.20. The molecule has 28 heavy (non-hydrogen) atoms. The molecule has 2 atom stereocenters. The third-order valence-electron chi connectivity index (χ3n) is 6.03. The highest BCUT2D eigenvalue weighted by atomic mass is 32.2. The van der Waals surface area contributed by atoms with Crippen molar-refractivity contribution in [2.75, 3.05) is 6.61 Å². The predicted molar refractivity (Wildman–Crippen MR) is 74.3 cm³/mol. The maximum atomic E-state index is 13.7. The molecule has 0 aromatic heterocycles. The van der Waals surface area contributed by atoms with Gasteiger partial charge in [-0.25, -0.2) is 0 Å². The Morgan fingerprint density at radius 1 is 1.00 bits per heavy atom. The van der Waals surface area contributed by atoms with Crippen LogP contribution in [0.4, 0.5) is 39.5 Å². The van der Waals surface area contributed by atoms with Crippen LogP contribution in [-0.2, 0) is 19.1 Å². The van der Waals surface area contributed by atoms with Gasteiger partial charge in [0.1, 0.15) is 5.78 Å². The molecule has 0 aromatic carbocycles. The van der Waals surface area contributed by atoms with Crippen molar-refractivity contribution in [2.24, 2.45) is 16.7 Å². The highest BCUT2D eigenvalue weighted by Gasteiger charge is 2.86. The van der Waals surface area contributed by atoms with Gasteiger partial charge in [0.15, 0.2) is 0 Å². The maximum Gasteiger partial charge on any atom is 0.460 e. The lowest BCUT2D eigenvalue weighted by molar-refractivity contribution is -0.382. The van der Waals surface area contributed by atoms with Crippen molar-refractivity contribution in [1.82, 2.24) is 0 Å². The average Bonchev–Trinajstić information content (AvgIpc) is 2.86. The second-order valence-electron chi connectivity index (χ2n) is 7.55. The SMILES string of the molecule is CC1(C)C2CCC1(COS(=O)(=O)C(F)(F)C(F)(F)C(F)(F)C(F)(F)F)C(=O)C2. The van der Waals surface area contributed by atoms with Gasteiger partial charge in [0, 0.05) is 6.42 Å². The number of alkyl halides is 9. The van der Waals surface area contributed by atoms with Crippen molar-refractivity contribution in [2.45, 2.75) is 56.4 Å². The molecule has 2 aliphatic carbocycles. The number of halogens is 9. The Morgan fingerprint density at radius 2 is 1.50 bits per heavy atom. The molecule has 14 heteroatoms. The zero-order valence-electron chi connectivity index (χ0n) is 14.3. The summed E-state index contributed by atoms with van der Waals surface area (Å²) >= 11 is 0. The van der Waals surface area contributed by atoms with Crippen LogP contribution in [0.25, 0.3) is 0 Å². The van der Waals surface area contributed by atoms with E-state index in [-0.39, 0.29) is 18.8 Å². The summed E-state index contributed by atoms with van der Waals surface area (Å²) in [7, 11) is -6.97. The van der Waals surface area contributed by atoms with E-state index in [0.717, 1.165) is 0 Å². The molecular weight excluding hydrogens is 435 g/mol. The first-order chi connectivity index (χ1) is 12.2. The van der Waals surface area contributed by atoms with E-state index in [9.17, 15) is 52.7 Å². The minimum atomic E-state index is -7.36. The van der Waals surface area contributed by atoms with Crippen molar-refractivity contribution >= 4 is 15.9 Å². The summed E-state index contributed by atoms with van der Waals surface area (Å²) in [6.07, 6.45) is -6.86. The van der Waals surface area contributed by atoms with Gasteiger partial charge in [0.25, 0.3) is 0 Å². The van der Waals surface area contributed by atoms with Gasteiger partial charge in [-0.3, -0.25) is 8.98 Å². The van der Waals surface area contributed by atoms with Crippen LogP contribution in [0.2, 0.25) is 0 Å². The molecule has 0 aromatic rings. The summed E-state index contributed by atoms with van der Waals surface area (Å²) in [6.45, 7) is 1.63. The maximum absolute atomic E-state index is 13.7. The molecule has 0 aliphatic heterocycles. The molecule has 2 aliphatic rings. The number of hydrogen-bond acceptors (Lipinski definition) is 4. The fourth-order valence-electron chi connectivity index (χ4n) is 3.88. The first-order valence-corrected chi connectivity index (χ1v) is 9.22. The van der Waals surface area contributed by atoms with Crippen LogP contribution in [0, 0.1) is 16.7 Å². The van der Waals surface area contributed by atoms with Gasteiger partial charge in [-0.1, -0.05) is 13.8 Å². The van der Waals surface area contributed by atoms with Gasteiger partial charge in [-0.05, 0) is 24.2 Å². The lowest BCUT2D eigenvalue weighted by atomic mass is 9.69. The average molecular weight is 450 g/mol. The summed E-state index contributed by atoms with van der Waals surface area (Å²) < 4.78 is 143. The molecule has 4 nitrogen and oxygen atoms in total. The van der Waals surface area contributed by atoms with E-state index in [1.165, 1.54) is 13.8 Å². The van der Waals surface area contributed by atoms with Gasteiger partial charge in [0.2, 0.25) is 0 Å². The molecule has 2 unspecified atom stereocenters. The van der Waals surface area contributed by atoms with E-state index < -0.39 is 56.6 Å². The minimum Gasteiger partial charge on any atom is -0.299 e. The number of fused-ring (bicyclic) bond motifs is 2. The van der Waals surface area contributed by atoms with Gasteiger partial charge in [-0.15, -0.1) is 0 Å². The van der Waals surface area contributed by atoms with Crippen molar-refractivity contribution in [1.29, 1.82) is 0 Å². The summed E-state index contributed by atoms with van der Waals surface area (Å²) in [5.74, 6) is -15.6. The fraction of sp³-hybridized carbons (Fsp3) is 0.929. The molecule has 2 saturated carbocycles. The highest BCUT2D eigenvalue weighted by Crippen LogP contribution is 2.64. The molecule has 0 heterocycles. The van der Waals surface area contributed by atoms with E-state index in [4.69, 9.17) is 0 Å². The van der Waals surface area contributed by atoms with Crippen molar-refractivity contribution in [3.63, 3.8) is 0 Å². The fourth-order valence-corrected chi connectivity index (χ4v) is 4.82. The zero-order chi connectivity index (χ0) is 22.2. The number of Topliss-reactive ketones (excluding diaryl/α,β-unsaturated/α-hetero) is 1. The second kappa shape index (κ2) is 5.99. The number of rotatable bonds is 6. The Bertz CT molecular complexity index is 772. The zero-order valence-corrected chi connectivity index (χ0v) is 15.2. The van der Waals surface area contributed by atoms with Crippen molar-refractivity contribution in [3.05, 3.63) is 0 Å². The Balaban J connectivity index is 2.35. The Kier molecular flexibility index (Phi) is 4.97. The molecule has 0 saturated heterocycles. The standard InChI is InChI=1S/C14H15F9O4S/c1-9(2)7-3-4-10(9,8(24)5-7)6-27-28(25,26)14(22,23)12(17,18)11(15,16)13(19,20)21/h7H,3-6H2,1-2H3. The molecule has 2 rings (SSSR count). The van der Waals surface area contributed by atoms with Crippen molar-refractivity contribution in [3.8, 4) is 0 Å². The third kappa shape index (κ3) is 2.69. The lowest BCUT2D eigenvalue weighted by Crippen LogP contribution is -2.63. The monoisotopic (exact) mass is 450 g/mol. The minimum absolute atomic E-state index is 0.0281. The molecule has 2 bridgehead atoms. The van der Waals surface area contributed by atoms with Gasteiger partial charge in [-0.2, -0.15) is 47.9 Å². The molecule has 0 radical (unpaired) electrons. The van der Waals surface area contributed by atoms with Crippen LogP contribution in [0.5, 0.6) is 0 Å². The molecule has 0 amide bonds. The molecular formula is C14H15F9O4S. The quantitative estimate of drug-likeness (QED) is 0.451. The highest BCUT2D eigenvalue weighted by molar-refractivity contribution is 7.87. The normalized spacial score (nSPS) is 28.8. The van der Waals surface area contributed by atoms with Gasteiger partial charge in [0.05, 0.1) is 12.0 Å². The van der Waals surface area contributed by atoms with E-state index >= 15 is 0 Å². The predicted octanol–water partition coefficient (Wildman–Crippen LogP) is 4.15. The molecule has 164 valence electrons. The third-order valence-corrected chi connectivity index (χ3v) is 7.34. The Morgan fingerprint density at radius 3 is 1.86 bits per heavy atom.